The lowest BCUT2D eigenvalue weighted by Crippen LogP contribution is -2.46. The second kappa shape index (κ2) is 10.7. The van der Waals surface area contributed by atoms with Crippen molar-refractivity contribution in [1.82, 2.24) is 20.2 Å². The molecule has 2 aromatic carbocycles. The highest BCUT2D eigenvalue weighted by molar-refractivity contribution is 6.07. The first-order valence-corrected chi connectivity index (χ1v) is 11.1. The Bertz CT molecular complexity index is 1240. The number of methoxy groups -OCH3 is 1. The number of piperidine rings is 1. The Morgan fingerprint density at radius 3 is 2.49 bits per heavy atom. The molecule has 10 heteroatoms. The van der Waals surface area contributed by atoms with Crippen LogP contribution < -0.4 is 15.4 Å². The highest BCUT2D eigenvalue weighted by atomic mass is 19.1. The SMILES string of the molecule is COc1cccc(C(=O)N2CCC(NC(=O)c3nccnc3NC(=O)c3ccccc3F)CC2)c1. The van der Waals surface area contributed by atoms with Crippen LogP contribution in [0.1, 0.15) is 44.0 Å². The zero-order valence-electron chi connectivity index (χ0n) is 19.0. The number of carbonyl (C=O) groups is 3. The Morgan fingerprint density at radius 1 is 1.00 bits per heavy atom. The van der Waals surface area contributed by atoms with Gasteiger partial charge in [-0.3, -0.25) is 14.4 Å². The number of benzene rings is 2. The number of nitrogens with one attached hydrogen (secondary N) is 2. The predicted octanol–water partition coefficient (Wildman–Crippen LogP) is 2.91. The van der Waals surface area contributed by atoms with E-state index in [2.05, 4.69) is 20.6 Å². The van der Waals surface area contributed by atoms with E-state index >= 15 is 0 Å². The summed E-state index contributed by atoms with van der Waals surface area (Å²) in [5.74, 6) is -1.49. The van der Waals surface area contributed by atoms with E-state index in [1.807, 2.05) is 0 Å². The van der Waals surface area contributed by atoms with Crippen molar-refractivity contribution in [2.24, 2.45) is 0 Å². The molecular weight excluding hydrogens is 453 g/mol. The minimum Gasteiger partial charge on any atom is -0.497 e. The lowest BCUT2D eigenvalue weighted by molar-refractivity contribution is 0.0697. The van der Waals surface area contributed by atoms with E-state index < -0.39 is 17.6 Å². The molecule has 0 atom stereocenters. The molecule has 1 aromatic heterocycles. The molecule has 35 heavy (non-hydrogen) atoms. The fourth-order valence-electron chi connectivity index (χ4n) is 3.84. The Kier molecular flexibility index (Phi) is 7.30. The quantitative estimate of drug-likeness (QED) is 0.565. The van der Waals surface area contributed by atoms with Crippen LogP contribution in [0.15, 0.2) is 60.9 Å². The van der Waals surface area contributed by atoms with Gasteiger partial charge in [0.1, 0.15) is 11.6 Å². The molecule has 2 heterocycles. The number of hydrogen-bond acceptors (Lipinski definition) is 6. The van der Waals surface area contributed by atoms with E-state index in [4.69, 9.17) is 4.74 Å². The van der Waals surface area contributed by atoms with Gasteiger partial charge in [0.05, 0.1) is 12.7 Å². The van der Waals surface area contributed by atoms with Crippen molar-refractivity contribution in [1.29, 1.82) is 0 Å². The van der Waals surface area contributed by atoms with E-state index in [1.165, 1.54) is 36.7 Å². The lowest BCUT2D eigenvalue weighted by atomic mass is 10.0. The van der Waals surface area contributed by atoms with Crippen molar-refractivity contribution < 1.29 is 23.5 Å². The monoisotopic (exact) mass is 477 g/mol. The van der Waals surface area contributed by atoms with Gasteiger partial charge in [-0.2, -0.15) is 0 Å². The summed E-state index contributed by atoms with van der Waals surface area (Å²) in [7, 11) is 1.55. The molecular formula is C25H24FN5O4. The molecule has 1 aliphatic rings. The average molecular weight is 477 g/mol. The Morgan fingerprint density at radius 2 is 1.74 bits per heavy atom. The maximum Gasteiger partial charge on any atom is 0.273 e. The number of anilines is 1. The molecule has 0 spiro atoms. The van der Waals surface area contributed by atoms with Gasteiger partial charge < -0.3 is 20.3 Å². The van der Waals surface area contributed by atoms with Crippen LogP contribution in [0.5, 0.6) is 5.75 Å². The normalized spacial score (nSPS) is 13.7. The molecule has 0 saturated carbocycles. The highest BCUT2D eigenvalue weighted by Gasteiger charge is 2.27. The first-order valence-electron chi connectivity index (χ1n) is 11.1. The molecule has 2 N–H and O–H groups in total. The minimum absolute atomic E-state index is 0.0658. The average Bonchev–Trinajstić information content (AvgIpc) is 2.89. The molecule has 0 aliphatic carbocycles. The summed E-state index contributed by atoms with van der Waals surface area (Å²) in [5, 5.41) is 5.35. The summed E-state index contributed by atoms with van der Waals surface area (Å²) in [4.78, 5) is 48.0. The number of hydrogen-bond donors (Lipinski definition) is 2. The van der Waals surface area contributed by atoms with E-state index in [1.54, 1.807) is 36.3 Å². The predicted molar refractivity (Wildman–Crippen MR) is 126 cm³/mol. The van der Waals surface area contributed by atoms with Gasteiger partial charge in [-0.1, -0.05) is 18.2 Å². The van der Waals surface area contributed by atoms with Gasteiger partial charge in [0.25, 0.3) is 17.7 Å². The van der Waals surface area contributed by atoms with Crippen molar-refractivity contribution in [2.75, 3.05) is 25.5 Å². The fraction of sp³-hybridized carbons (Fsp3) is 0.240. The molecule has 1 saturated heterocycles. The van der Waals surface area contributed by atoms with Crippen molar-refractivity contribution in [3.8, 4) is 5.75 Å². The van der Waals surface area contributed by atoms with Crippen LogP contribution in [-0.2, 0) is 0 Å². The van der Waals surface area contributed by atoms with Crippen molar-refractivity contribution >= 4 is 23.5 Å². The zero-order valence-corrected chi connectivity index (χ0v) is 19.0. The second-order valence-corrected chi connectivity index (χ2v) is 7.96. The van der Waals surface area contributed by atoms with Gasteiger partial charge in [-0.05, 0) is 43.2 Å². The van der Waals surface area contributed by atoms with Gasteiger partial charge in [0.15, 0.2) is 11.5 Å². The van der Waals surface area contributed by atoms with Crippen molar-refractivity contribution in [3.05, 3.63) is 83.6 Å². The number of amides is 3. The maximum absolute atomic E-state index is 13.9. The molecule has 3 amide bonds. The fourth-order valence-corrected chi connectivity index (χ4v) is 3.84. The topological polar surface area (TPSA) is 114 Å². The third-order valence-electron chi connectivity index (χ3n) is 5.70. The van der Waals surface area contributed by atoms with E-state index in [9.17, 15) is 18.8 Å². The van der Waals surface area contributed by atoms with Gasteiger partial charge in [-0.15, -0.1) is 0 Å². The van der Waals surface area contributed by atoms with E-state index in [0.29, 0.717) is 37.2 Å². The summed E-state index contributed by atoms with van der Waals surface area (Å²) >= 11 is 0. The van der Waals surface area contributed by atoms with Crippen molar-refractivity contribution in [2.45, 2.75) is 18.9 Å². The molecule has 180 valence electrons. The Hall–Kier alpha value is -4.34. The van der Waals surface area contributed by atoms with Gasteiger partial charge in [-0.25, -0.2) is 14.4 Å². The summed E-state index contributed by atoms with van der Waals surface area (Å²) in [6.45, 7) is 0.941. The molecule has 0 bridgehead atoms. The highest BCUT2D eigenvalue weighted by Crippen LogP contribution is 2.19. The van der Waals surface area contributed by atoms with Crippen LogP contribution in [-0.4, -0.2) is 58.8 Å². The molecule has 9 nitrogen and oxygen atoms in total. The first kappa shape index (κ1) is 23.8. The molecule has 4 rings (SSSR count). The number of aromatic nitrogens is 2. The smallest absolute Gasteiger partial charge is 0.273 e. The van der Waals surface area contributed by atoms with Crippen LogP contribution in [0.25, 0.3) is 0 Å². The minimum atomic E-state index is -0.734. The molecule has 1 fully saturated rings. The van der Waals surface area contributed by atoms with Crippen LogP contribution in [0.2, 0.25) is 0 Å². The van der Waals surface area contributed by atoms with E-state index in [-0.39, 0.29) is 29.0 Å². The summed E-state index contributed by atoms with van der Waals surface area (Å²) in [5.41, 5.74) is 0.297. The molecule has 3 aromatic rings. The zero-order chi connectivity index (χ0) is 24.8. The van der Waals surface area contributed by atoms with Gasteiger partial charge >= 0.3 is 0 Å². The largest absolute Gasteiger partial charge is 0.497 e. The van der Waals surface area contributed by atoms with Gasteiger partial charge in [0, 0.05) is 37.1 Å². The maximum atomic E-state index is 13.9. The second-order valence-electron chi connectivity index (χ2n) is 7.96. The number of likely N-dealkylation sites (tertiary alicyclic amines) is 1. The van der Waals surface area contributed by atoms with Gasteiger partial charge in [0.2, 0.25) is 0 Å². The molecule has 0 unspecified atom stereocenters. The number of rotatable bonds is 6. The number of carbonyl (C=O) groups excluding carboxylic acids is 3. The van der Waals surface area contributed by atoms with Crippen LogP contribution in [0.3, 0.4) is 0 Å². The summed E-state index contributed by atoms with van der Waals surface area (Å²) in [6.07, 6.45) is 3.77. The first-order chi connectivity index (χ1) is 17.0. The molecule has 0 radical (unpaired) electrons. The third kappa shape index (κ3) is 5.60. The standard InChI is InChI=1S/C25H24FN5O4/c1-35-18-6-4-5-16(15-18)25(34)31-13-9-17(10-14-31)29-24(33)21-22(28-12-11-27-21)30-23(32)19-7-2-3-8-20(19)26/h2-8,11-12,15,17H,9-10,13-14H2,1H3,(H,29,33)(H,28,30,32). The van der Waals surface area contributed by atoms with Crippen LogP contribution in [0, 0.1) is 5.82 Å². The van der Waals surface area contributed by atoms with Crippen molar-refractivity contribution in [3.63, 3.8) is 0 Å². The lowest BCUT2D eigenvalue weighted by Gasteiger charge is -2.32. The molecule has 1 aliphatic heterocycles. The number of nitrogens with zero attached hydrogens (tertiary/aromatic N) is 3. The third-order valence-corrected chi connectivity index (χ3v) is 5.70. The van der Waals surface area contributed by atoms with Crippen LogP contribution in [0.4, 0.5) is 10.2 Å². The van der Waals surface area contributed by atoms with Crippen LogP contribution >= 0.6 is 0 Å². The Balaban J connectivity index is 1.37. The van der Waals surface area contributed by atoms with E-state index in [0.717, 1.165) is 0 Å². The number of halogens is 1. The summed E-state index contributed by atoms with van der Waals surface area (Å²) < 4.78 is 19.1. The number of ether oxygens (including phenoxy) is 1. The Labute approximate surface area is 201 Å². The summed E-state index contributed by atoms with van der Waals surface area (Å²) in [6, 6.07) is 12.3.